The number of benzene rings is 2. The predicted molar refractivity (Wildman–Crippen MR) is 89.4 cm³/mol. The molecule has 0 spiro atoms. The molecule has 0 saturated carbocycles. The monoisotopic (exact) mass is 348 g/mol. The van der Waals surface area contributed by atoms with Crippen LogP contribution in [-0.4, -0.2) is 14.4 Å². The molecule has 0 aliphatic rings. The van der Waals surface area contributed by atoms with E-state index < -0.39 is 27.8 Å². The van der Waals surface area contributed by atoms with Gasteiger partial charge in [-0.15, -0.1) is 0 Å². The molecule has 1 unspecified atom stereocenters. The Morgan fingerprint density at radius 2 is 1.46 bits per heavy atom. The maximum Gasteiger partial charge on any atom is 0.305 e. The van der Waals surface area contributed by atoms with Crippen molar-refractivity contribution in [3.63, 3.8) is 0 Å². The van der Waals surface area contributed by atoms with Crippen LogP contribution in [0.3, 0.4) is 0 Å². The maximum absolute atomic E-state index is 12.7. The number of esters is 1. The van der Waals surface area contributed by atoms with Crippen LogP contribution in [0.4, 0.5) is 0 Å². The van der Waals surface area contributed by atoms with E-state index in [4.69, 9.17) is 8.92 Å². The molecule has 2 aromatic rings. The fraction of sp³-hybridized carbons (Fsp3) is 0.278. The number of rotatable bonds is 6. The number of hydrogen-bond acceptors (Lipinski definition) is 5. The second kappa shape index (κ2) is 7.15. The van der Waals surface area contributed by atoms with E-state index in [1.165, 1.54) is 19.1 Å². The van der Waals surface area contributed by atoms with Gasteiger partial charge in [-0.25, -0.2) is 4.18 Å². The van der Waals surface area contributed by atoms with Crippen LogP contribution >= 0.6 is 0 Å². The third-order valence-corrected chi connectivity index (χ3v) is 4.81. The van der Waals surface area contributed by atoms with Crippen molar-refractivity contribution in [1.29, 1.82) is 0 Å². The first-order valence-corrected chi connectivity index (χ1v) is 8.94. The first-order valence-electron chi connectivity index (χ1n) is 7.54. The van der Waals surface area contributed by atoms with Gasteiger partial charge in [0.25, 0.3) is 5.79 Å². The lowest BCUT2D eigenvalue weighted by Gasteiger charge is -2.35. The summed E-state index contributed by atoms with van der Waals surface area (Å²) in [7, 11) is -4.13. The van der Waals surface area contributed by atoms with Crippen molar-refractivity contribution in [3.05, 3.63) is 66.2 Å². The first kappa shape index (κ1) is 18.2. The summed E-state index contributed by atoms with van der Waals surface area (Å²) in [6.07, 6.45) is 0. The van der Waals surface area contributed by atoms with Crippen LogP contribution in [-0.2, 0) is 29.6 Å². The fourth-order valence-corrected chi connectivity index (χ4v) is 3.59. The minimum Gasteiger partial charge on any atom is -0.427 e. The minimum atomic E-state index is -4.13. The zero-order valence-corrected chi connectivity index (χ0v) is 14.6. The van der Waals surface area contributed by atoms with Crippen LogP contribution in [0.2, 0.25) is 0 Å². The van der Waals surface area contributed by atoms with E-state index in [0.29, 0.717) is 5.56 Å². The summed E-state index contributed by atoms with van der Waals surface area (Å²) in [5.74, 6) is -2.81. The van der Waals surface area contributed by atoms with E-state index in [1.807, 2.05) is 0 Å². The van der Waals surface area contributed by atoms with Gasteiger partial charge in [0.2, 0.25) is 0 Å². The van der Waals surface area contributed by atoms with E-state index in [0.717, 1.165) is 0 Å². The van der Waals surface area contributed by atoms with Crippen molar-refractivity contribution in [3.8, 4) is 0 Å². The lowest BCUT2D eigenvalue weighted by Crippen LogP contribution is -2.41. The number of carbonyl (C=O) groups excluding carboxylic acids is 1. The molecule has 0 radical (unpaired) electrons. The fourth-order valence-electron chi connectivity index (χ4n) is 2.35. The van der Waals surface area contributed by atoms with Gasteiger partial charge in [0.05, 0.1) is 4.90 Å². The summed E-state index contributed by atoms with van der Waals surface area (Å²) >= 11 is 0. The van der Waals surface area contributed by atoms with Crippen LogP contribution in [0.1, 0.15) is 26.3 Å². The highest BCUT2D eigenvalue weighted by molar-refractivity contribution is 7.86. The molecule has 0 aliphatic carbocycles. The van der Waals surface area contributed by atoms with Gasteiger partial charge in [-0.1, -0.05) is 62.4 Å². The molecule has 0 bridgehead atoms. The van der Waals surface area contributed by atoms with E-state index in [1.54, 1.807) is 62.4 Å². The summed E-state index contributed by atoms with van der Waals surface area (Å²) < 4.78 is 36.3. The van der Waals surface area contributed by atoms with Gasteiger partial charge < -0.3 is 4.74 Å². The van der Waals surface area contributed by atoms with E-state index in [9.17, 15) is 13.2 Å². The topological polar surface area (TPSA) is 69.7 Å². The average Bonchev–Trinajstić information content (AvgIpc) is 2.55. The quantitative estimate of drug-likeness (QED) is 0.454. The molecule has 0 saturated heterocycles. The van der Waals surface area contributed by atoms with Crippen LogP contribution in [0, 0.1) is 5.92 Å². The van der Waals surface area contributed by atoms with Crippen molar-refractivity contribution < 1.29 is 22.1 Å². The lowest BCUT2D eigenvalue weighted by atomic mass is 9.94. The van der Waals surface area contributed by atoms with Gasteiger partial charge in [0.15, 0.2) is 0 Å². The van der Waals surface area contributed by atoms with E-state index >= 15 is 0 Å². The third kappa shape index (κ3) is 3.83. The van der Waals surface area contributed by atoms with Gasteiger partial charge in [-0.2, -0.15) is 8.42 Å². The summed E-state index contributed by atoms with van der Waals surface area (Å²) in [4.78, 5) is 11.7. The van der Waals surface area contributed by atoms with Crippen LogP contribution in [0.25, 0.3) is 0 Å². The van der Waals surface area contributed by atoms with Crippen molar-refractivity contribution in [2.24, 2.45) is 5.92 Å². The molecule has 0 aliphatic heterocycles. The van der Waals surface area contributed by atoms with Gasteiger partial charge in [0.1, 0.15) is 0 Å². The van der Waals surface area contributed by atoms with Gasteiger partial charge >= 0.3 is 16.1 Å². The number of ether oxygens (including phenoxy) is 1. The molecule has 24 heavy (non-hydrogen) atoms. The molecule has 2 aromatic carbocycles. The zero-order chi connectivity index (χ0) is 17.8. The number of carbonyl (C=O) groups is 1. The summed E-state index contributed by atoms with van der Waals surface area (Å²) in [6, 6.07) is 16.4. The standard InChI is InChI=1S/C18H20O5S/c1-14(2)18(22-15(3)19,16-10-6-4-7-11-16)23-24(20,21)17-12-8-5-9-13-17/h4-14H,1-3H3. The second-order valence-electron chi connectivity index (χ2n) is 5.63. The smallest absolute Gasteiger partial charge is 0.305 e. The molecule has 0 fully saturated rings. The molecule has 2 rings (SSSR count). The van der Waals surface area contributed by atoms with Gasteiger partial charge in [-0.05, 0) is 12.1 Å². The molecular formula is C18H20O5S. The largest absolute Gasteiger partial charge is 0.427 e. The highest BCUT2D eigenvalue weighted by Crippen LogP contribution is 2.38. The lowest BCUT2D eigenvalue weighted by molar-refractivity contribution is -0.216. The first-order chi connectivity index (χ1) is 11.3. The summed E-state index contributed by atoms with van der Waals surface area (Å²) in [6.45, 7) is 4.69. The molecule has 1 atom stereocenters. The number of hydrogen-bond donors (Lipinski definition) is 0. The predicted octanol–water partition coefficient (Wildman–Crippen LogP) is 3.46. The Hall–Kier alpha value is -2.18. The molecule has 0 N–H and O–H groups in total. The Morgan fingerprint density at radius 1 is 0.958 bits per heavy atom. The Morgan fingerprint density at radius 3 is 1.92 bits per heavy atom. The second-order valence-corrected chi connectivity index (χ2v) is 7.18. The van der Waals surface area contributed by atoms with E-state index in [2.05, 4.69) is 0 Å². The minimum absolute atomic E-state index is 0.00175. The maximum atomic E-state index is 12.7. The highest BCUT2D eigenvalue weighted by atomic mass is 32.2. The zero-order valence-electron chi connectivity index (χ0n) is 13.8. The van der Waals surface area contributed by atoms with Gasteiger partial charge in [-0.3, -0.25) is 4.79 Å². The van der Waals surface area contributed by atoms with Crippen LogP contribution < -0.4 is 0 Å². The van der Waals surface area contributed by atoms with Crippen molar-refractivity contribution in [2.45, 2.75) is 31.5 Å². The summed E-state index contributed by atoms with van der Waals surface area (Å²) in [5, 5.41) is 0. The third-order valence-electron chi connectivity index (χ3n) is 3.50. The van der Waals surface area contributed by atoms with Crippen LogP contribution in [0.15, 0.2) is 65.6 Å². The average molecular weight is 348 g/mol. The highest BCUT2D eigenvalue weighted by Gasteiger charge is 2.45. The van der Waals surface area contributed by atoms with Crippen LogP contribution in [0.5, 0.6) is 0 Å². The Kier molecular flexibility index (Phi) is 5.41. The summed E-state index contributed by atoms with van der Waals surface area (Å²) in [5.41, 5.74) is 0.453. The molecular weight excluding hydrogens is 328 g/mol. The van der Waals surface area contributed by atoms with Crippen molar-refractivity contribution in [2.75, 3.05) is 0 Å². The molecule has 0 amide bonds. The van der Waals surface area contributed by atoms with E-state index in [-0.39, 0.29) is 4.90 Å². The Bertz CT molecular complexity index is 785. The SMILES string of the molecule is CC(=O)OC(OS(=O)(=O)c1ccccc1)(c1ccccc1)C(C)C. The normalized spacial score (nSPS) is 14.2. The molecule has 5 nitrogen and oxygen atoms in total. The molecule has 6 heteroatoms. The molecule has 0 aromatic heterocycles. The Balaban J connectivity index is 2.56. The van der Waals surface area contributed by atoms with Crippen molar-refractivity contribution in [1.82, 2.24) is 0 Å². The molecule has 128 valence electrons. The van der Waals surface area contributed by atoms with Crippen molar-refractivity contribution >= 4 is 16.1 Å². The Labute approximate surface area is 142 Å². The molecule has 0 heterocycles. The van der Waals surface area contributed by atoms with Gasteiger partial charge in [0, 0.05) is 18.4 Å².